The van der Waals surface area contributed by atoms with Crippen LogP contribution in [0.2, 0.25) is 5.15 Å². The van der Waals surface area contributed by atoms with Gasteiger partial charge in [0.15, 0.2) is 0 Å². The molecule has 1 rings (SSSR count). The molecule has 1 atom stereocenters. The largest absolute Gasteiger partial charge is 0.393 e. The van der Waals surface area contributed by atoms with Gasteiger partial charge in [0.25, 0.3) is 0 Å². The monoisotopic (exact) mass is 216 g/mol. The molecule has 0 aliphatic carbocycles. The third-order valence-corrected chi connectivity index (χ3v) is 1.92. The molecular weight excluding hydrogens is 204 g/mol. The molecule has 0 aromatic carbocycles. The Morgan fingerprint density at radius 1 is 1.57 bits per heavy atom. The number of halogens is 1. The molecule has 3 N–H and O–H groups in total. The van der Waals surface area contributed by atoms with E-state index in [1.807, 2.05) is 0 Å². The predicted molar refractivity (Wildman–Crippen MR) is 55.4 cm³/mol. The molecule has 14 heavy (non-hydrogen) atoms. The van der Waals surface area contributed by atoms with Gasteiger partial charge in [-0.1, -0.05) is 17.7 Å². The zero-order valence-corrected chi connectivity index (χ0v) is 8.62. The third-order valence-electron chi connectivity index (χ3n) is 1.71. The van der Waals surface area contributed by atoms with Crippen molar-refractivity contribution >= 4 is 17.4 Å². The highest BCUT2D eigenvalue weighted by atomic mass is 35.5. The Kier molecular flexibility index (Phi) is 3.69. The molecule has 0 spiro atoms. The molecule has 0 radical (unpaired) electrons. The van der Waals surface area contributed by atoms with Gasteiger partial charge in [0.2, 0.25) is 0 Å². The molecule has 1 heterocycles. The Bertz CT molecular complexity index is 305. The lowest BCUT2D eigenvalue weighted by Crippen LogP contribution is -2.37. The molecule has 0 bridgehead atoms. The van der Waals surface area contributed by atoms with E-state index in [4.69, 9.17) is 16.7 Å². The van der Waals surface area contributed by atoms with Gasteiger partial charge in [-0.05, 0) is 19.1 Å². The zero-order chi connectivity index (χ0) is 10.6. The molecule has 0 aliphatic heterocycles. The van der Waals surface area contributed by atoms with E-state index in [9.17, 15) is 5.11 Å². The van der Waals surface area contributed by atoms with Crippen LogP contribution in [0.4, 0.5) is 5.82 Å². The van der Waals surface area contributed by atoms with Crippen molar-refractivity contribution in [2.75, 3.05) is 18.5 Å². The second kappa shape index (κ2) is 4.59. The standard InChI is InChI=1S/C9H13ClN2O2/c1-9(14,6-13)5-11-8-4-2-3-7(10)12-8/h2-4,13-14H,5-6H2,1H3,(H,11,12). The number of pyridine rings is 1. The van der Waals surface area contributed by atoms with Crippen LogP contribution < -0.4 is 5.32 Å². The van der Waals surface area contributed by atoms with Crippen molar-refractivity contribution in [3.63, 3.8) is 0 Å². The van der Waals surface area contributed by atoms with Gasteiger partial charge in [-0.15, -0.1) is 0 Å². The molecule has 0 fully saturated rings. The average molecular weight is 217 g/mol. The summed E-state index contributed by atoms with van der Waals surface area (Å²) in [6.07, 6.45) is 0. The molecule has 0 saturated heterocycles. The maximum atomic E-state index is 9.48. The van der Waals surface area contributed by atoms with Crippen LogP contribution >= 0.6 is 11.6 Å². The van der Waals surface area contributed by atoms with E-state index in [0.29, 0.717) is 11.0 Å². The number of anilines is 1. The van der Waals surface area contributed by atoms with Gasteiger partial charge in [-0.3, -0.25) is 0 Å². The van der Waals surface area contributed by atoms with E-state index < -0.39 is 5.60 Å². The van der Waals surface area contributed by atoms with Gasteiger partial charge in [-0.2, -0.15) is 0 Å². The summed E-state index contributed by atoms with van der Waals surface area (Å²) in [5.74, 6) is 0.575. The topological polar surface area (TPSA) is 65.4 Å². The first-order valence-corrected chi connectivity index (χ1v) is 4.61. The SMILES string of the molecule is CC(O)(CO)CNc1cccc(Cl)n1. The highest BCUT2D eigenvalue weighted by molar-refractivity contribution is 6.29. The van der Waals surface area contributed by atoms with Gasteiger partial charge in [0.1, 0.15) is 16.6 Å². The van der Waals surface area contributed by atoms with Crippen molar-refractivity contribution in [1.29, 1.82) is 0 Å². The van der Waals surface area contributed by atoms with Gasteiger partial charge in [0, 0.05) is 6.54 Å². The summed E-state index contributed by atoms with van der Waals surface area (Å²) in [4.78, 5) is 3.97. The smallest absolute Gasteiger partial charge is 0.131 e. The van der Waals surface area contributed by atoms with Crippen LogP contribution in [0.1, 0.15) is 6.92 Å². The fourth-order valence-corrected chi connectivity index (χ4v) is 1.01. The van der Waals surface area contributed by atoms with Crippen molar-refractivity contribution in [2.24, 2.45) is 0 Å². The minimum absolute atomic E-state index is 0.219. The summed E-state index contributed by atoms with van der Waals surface area (Å²) < 4.78 is 0. The average Bonchev–Trinajstić information content (AvgIpc) is 2.15. The predicted octanol–water partition coefficient (Wildman–Crippen LogP) is 0.890. The lowest BCUT2D eigenvalue weighted by molar-refractivity contribution is 0.0132. The van der Waals surface area contributed by atoms with Crippen LogP contribution in [-0.4, -0.2) is 33.9 Å². The lowest BCUT2D eigenvalue weighted by Gasteiger charge is -2.20. The molecular formula is C9H13ClN2O2. The van der Waals surface area contributed by atoms with E-state index in [-0.39, 0.29) is 13.2 Å². The number of nitrogens with zero attached hydrogens (tertiary/aromatic N) is 1. The quantitative estimate of drug-likeness (QED) is 0.654. The molecule has 5 heteroatoms. The Balaban J connectivity index is 2.54. The van der Waals surface area contributed by atoms with Crippen molar-refractivity contribution < 1.29 is 10.2 Å². The Morgan fingerprint density at radius 2 is 2.29 bits per heavy atom. The van der Waals surface area contributed by atoms with E-state index in [2.05, 4.69) is 10.3 Å². The Morgan fingerprint density at radius 3 is 2.86 bits per heavy atom. The normalized spacial score (nSPS) is 14.9. The fourth-order valence-electron chi connectivity index (χ4n) is 0.844. The Hall–Kier alpha value is -0.840. The lowest BCUT2D eigenvalue weighted by atomic mass is 10.1. The molecule has 0 amide bonds. The minimum atomic E-state index is -1.15. The zero-order valence-electron chi connectivity index (χ0n) is 7.87. The van der Waals surface area contributed by atoms with Crippen LogP contribution in [0, 0.1) is 0 Å². The molecule has 1 aromatic heterocycles. The molecule has 0 saturated carbocycles. The van der Waals surface area contributed by atoms with Gasteiger partial charge in [-0.25, -0.2) is 4.98 Å². The van der Waals surface area contributed by atoms with E-state index in [1.54, 1.807) is 18.2 Å². The number of rotatable bonds is 4. The number of aliphatic hydroxyl groups excluding tert-OH is 1. The third kappa shape index (κ3) is 3.49. The first kappa shape index (κ1) is 11.2. The van der Waals surface area contributed by atoms with Crippen LogP contribution in [0.3, 0.4) is 0 Å². The first-order chi connectivity index (χ1) is 6.53. The summed E-state index contributed by atoms with van der Waals surface area (Å²) in [7, 11) is 0. The summed E-state index contributed by atoms with van der Waals surface area (Å²) >= 11 is 5.67. The van der Waals surface area contributed by atoms with Crippen molar-refractivity contribution in [1.82, 2.24) is 4.98 Å². The molecule has 4 nitrogen and oxygen atoms in total. The van der Waals surface area contributed by atoms with Crippen molar-refractivity contribution in [3.05, 3.63) is 23.4 Å². The summed E-state index contributed by atoms with van der Waals surface area (Å²) in [6, 6.07) is 5.15. The number of hydrogen-bond donors (Lipinski definition) is 3. The van der Waals surface area contributed by atoms with E-state index in [0.717, 1.165) is 0 Å². The Labute approximate surface area is 87.6 Å². The minimum Gasteiger partial charge on any atom is -0.393 e. The molecule has 0 aliphatic rings. The summed E-state index contributed by atoms with van der Waals surface area (Å²) in [5, 5.41) is 21.5. The van der Waals surface area contributed by atoms with E-state index >= 15 is 0 Å². The van der Waals surface area contributed by atoms with Gasteiger partial charge >= 0.3 is 0 Å². The second-order valence-electron chi connectivity index (χ2n) is 3.35. The number of hydrogen-bond acceptors (Lipinski definition) is 4. The van der Waals surface area contributed by atoms with E-state index in [1.165, 1.54) is 6.92 Å². The molecule has 78 valence electrons. The summed E-state index contributed by atoms with van der Waals surface area (Å²) in [6.45, 7) is 1.45. The van der Waals surface area contributed by atoms with Gasteiger partial charge in [0.05, 0.1) is 6.61 Å². The fraction of sp³-hybridized carbons (Fsp3) is 0.444. The summed E-state index contributed by atoms with van der Waals surface area (Å²) in [5.41, 5.74) is -1.15. The maximum Gasteiger partial charge on any atom is 0.131 e. The van der Waals surface area contributed by atoms with Crippen LogP contribution in [0.25, 0.3) is 0 Å². The molecule has 1 unspecified atom stereocenters. The second-order valence-corrected chi connectivity index (χ2v) is 3.74. The highest BCUT2D eigenvalue weighted by Gasteiger charge is 2.18. The highest BCUT2D eigenvalue weighted by Crippen LogP contribution is 2.10. The van der Waals surface area contributed by atoms with Crippen LogP contribution in [-0.2, 0) is 0 Å². The van der Waals surface area contributed by atoms with Crippen molar-refractivity contribution in [3.8, 4) is 0 Å². The number of aliphatic hydroxyl groups is 2. The number of aromatic nitrogens is 1. The first-order valence-electron chi connectivity index (χ1n) is 4.23. The number of nitrogens with one attached hydrogen (secondary N) is 1. The van der Waals surface area contributed by atoms with Crippen LogP contribution in [0.15, 0.2) is 18.2 Å². The maximum absolute atomic E-state index is 9.48. The molecule has 1 aromatic rings. The van der Waals surface area contributed by atoms with Crippen LogP contribution in [0.5, 0.6) is 0 Å². The van der Waals surface area contributed by atoms with Crippen molar-refractivity contribution in [2.45, 2.75) is 12.5 Å². The van der Waals surface area contributed by atoms with Gasteiger partial charge < -0.3 is 15.5 Å².